The van der Waals surface area contributed by atoms with Crippen molar-refractivity contribution in [1.82, 2.24) is 19.7 Å². The Hall–Kier alpha value is -1.43. The molecule has 0 spiro atoms. The van der Waals surface area contributed by atoms with Crippen LogP contribution in [-0.2, 0) is 11.3 Å². The van der Waals surface area contributed by atoms with Crippen LogP contribution in [0.4, 0.5) is 0 Å². The van der Waals surface area contributed by atoms with E-state index in [-0.39, 0.29) is 11.9 Å². The number of nitrogens with two attached hydrogens (primary N) is 1. The van der Waals surface area contributed by atoms with E-state index in [4.69, 9.17) is 10.7 Å². The van der Waals surface area contributed by atoms with E-state index in [9.17, 15) is 4.79 Å². The highest BCUT2D eigenvalue weighted by atomic mass is 16.2. The minimum Gasteiger partial charge on any atom is -0.329 e. The van der Waals surface area contributed by atoms with Gasteiger partial charge in [-0.1, -0.05) is 13.8 Å². The molecule has 1 aliphatic heterocycles. The number of nitrogens with zero attached hydrogens (tertiary/aromatic N) is 4. The van der Waals surface area contributed by atoms with Crippen LogP contribution in [0.1, 0.15) is 63.6 Å². The van der Waals surface area contributed by atoms with E-state index in [2.05, 4.69) is 18.9 Å². The van der Waals surface area contributed by atoms with E-state index in [0.717, 1.165) is 24.6 Å². The fraction of sp³-hybridized carbons (Fsp3) is 0.800. The molecule has 2 heterocycles. The lowest BCUT2D eigenvalue weighted by Crippen LogP contribution is -2.48. The minimum atomic E-state index is -0.461. The van der Waals surface area contributed by atoms with E-state index in [1.165, 1.54) is 12.8 Å². The van der Waals surface area contributed by atoms with Gasteiger partial charge in [0.2, 0.25) is 5.91 Å². The quantitative estimate of drug-likeness (QED) is 0.910. The number of hydrogen-bond acceptors (Lipinski definition) is 4. The molecule has 21 heavy (non-hydrogen) atoms. The average molecular weight is 291 g/mol. The van der Waals surface area contributed by atoms with Gasteiger partial charge < -0.3 is 10.6 Å². The number of fused-ring (bicyclic) bond motifs is 1. The fourth-order valence-corrected chi connectivity index (χ4v) is 3.00. The van der Waals surface area contributed by atoms with Gasteiger partial charge in [0.15, 0.2) is 5.82 Å². The molecule has 6 nitrogen and oxygen atoms in total. The Morgan fingerprint density at radius 1 is 1.33 bits per heavy atom. The summed E-state index contributed by atoms with van der Waals surface area (Å²) in [5.41, 5.74) is 5.81. The highest BCUT2D eigenvalue weighted by Crippen LogP contribution is 2.40. The zero-order valence-electron chi connectivity index (χ0n) is 13.1. The molecule has 0 unspecified atom stereocenters. The molecule has 0 saturated heterocycles. The molecule has 116 valence electrons. The molecule has 2 aliphatic rings. The van der Waals surface area contributed by atoms with Crippen molar-refractivity contribution in [1.29, 1.82) is 0 Å². The number of amides is 1. The van der Waals surface area contributed by atoms with E-state index < -0.39 is 6.04 Å². The molecule has 6 heteroatoms. The van der Waals surface area contributed by atoms with Crippen LogP contribution in [-0.4, -0.2) is 38.2 Å². The summed E-state index contributed by atoms with van der Waals surface area (Å²) in [5.74, 6) is 2.97. The van der Waals surface area contributed by atoms with Gasteiger partial charge in [-0.3, -0.25) is 4.79 Å². The molecule has 2 atom stereocenters. The second-order valence-electron chi connectivity index (χ2n) is 6.79. The summed E-state index contributed by atoms with van der Waals surface area (Å²) in [6.07, 6.45) is 3.29. The van der Waals surface area contributed by atoms with Gasteiger partial charge in [-0.15, -0.1) is 0 Å². The Balaban J connectivity index is 1.91. The molecule has 0 bridgehead atoms. The highest BCUT2D eigenvalue weighted by Gasteiger charge is 2.37. The first-order valence-electron chi connectivity index (χ1n) is 7.98. The number of rotatable bonds is 4. The maximum absolute atomic E-state index is 12.4. The lowest BCUT2D eigenvalue weighted by molar-refractivity contribution is -0.136. The summed E-state index contributed by atoms with van der Waals surface area (Å²) in [4.78, 5) is 19.1. The SMILES string of the molecule is CC(C)C[C@H]1c2nc(C3CC3)nn2CCN1C(=O)[C@@H](C)N. The van der Waals surface area contributed by atoms with Gasteiger partial charge in [0, 0.05) is 12.5 Å². The standard InChI is InChI=1S/C15H25N5O/c1-9(2)8-12-14-17-13(11-4-5-11)18-20(14)7-6-19(12)15(21)10(3)16/h9-12H,4-8,16H2,1-3H3/t10-,12+/m1/s1. The molecular weight excluding hydrogens is 266 g/mol. The third-order valence-electron chi connectivity index (χ3n) is 4.25. The Labute approximate surface area is 125 Å². The first-order chi connectivity index (χ1) is 9.97. The second-order valence-corrected chi connectivity index (χ2v) is 6.79. The van der Waals surface area contributed by atoms with Crippen molar-refractivity contribution in [2.45, 2.75) is 64.6 Å². The molecule has 1 fully saturated rings. The van der Waals surface area contributed by atoms with Crippen LogP contribution in [0.2, 0.25) is 0 Å². The van der Waals surface area contributed by atoms with Gasteiger partial charge in [-0.25, -0.2) is 9.67 Å². The van der Waals surface area contributed by atoms with Crippen LogP contribution in [0.25, 0.3) is 0 Å². The van der Waals surface area contributed by atoms with Gasteiger partial charge >= 0.3 is 0 Å². The monoisotopic (exact) mass is 291 g/mol. The molecule has 3 rings (SSSR count). The van der Waals surface area contributed by atoms with E-state index in [1.807, 2.05) is 9.58 Å². The summed E-state index contributed by atoms with van der Waals surface area (Å²) in [5, 5.41) is 4.65. The summed E-state index contributed by atoms with van der Waals surface area (Å²) in [6.45, 7) is 7.50. The molecule has 2 N–H and O–H groups in total. The molecular formula is C15H25N5O. The third-order valence-corrected chi connectivity index (χ3v) is 4.25. The van der Waals surface area contributed by atoms with E-state index >= 15 is 0 Å². The minimum absolute atomic E-state index is 0.0113. The molecule has 1 aromatic heterocycles. The Morgan fingerprint density at radius 3 is 2.62 bits per heavy atom. The predicted molar refractivity (Wildman–Crippen MR) is 79.6 cm³/mol. The number of hydrogen-bond donors (Lipinski definition) is 1. The van der Waals surface area contributed by atoms with Gasteiger partial charge in [-0.2, -0.15) is 5.10 Å². The molecule has 1 saturated carbocycles. The summed E-state index contributed by atoms with van der Waals surface area (Å²) in [7, 11) is 0. The van der Waals surface area contributed by atoms with E-state index in [1.54, 1.807) is 6.92 Å². The van der Waals surface area contributed by atoms with Crippen molar-refractivity contribution in [2.24, 2.45) is 11.7 Å². The van der Waals surface area contributed by atoms with Crippen molar-refractivity contribution >= 4 is 5.91 Å². The average Bonchev–Trinajstić information content (AvgIpc) is 3.17. The zero-order chi connectivity index (χ0) is 15.1. The molecule has 1 aromatic rings. The van der Waals surface area contributed by atoms with Crippen LogP contribution in [0.3, 0.4) is 0 Å². The van der Waals surface area contributed by atoms with Crippen molar-refractivity contribution in [2.75, 3.05) is 6.54 Å². The summed E-state index contributed by atoms with van der Waals surface area (Å²) in [6, 6.07) is -0.450. The van der Waals surface area contributed by atoms with Crippen LogP contribution in [0.5, 0.6) is 0 Å². The maximum atomic E-state index is 12.4. The lowest BCUT2D eigenvalue weighted by Gasteiger charge is -2.37. The van der Waals surface area contributed by atoms with Crippen LogP contribution in [0, 0.1) is 5.92 Å². The van der Waals surface area contributed by atoms with Gasteiger partial charge in [0.25, 0.3) is 0 Å². The van der Waals surface area contributed by atoms with Gasteiger partial charge in [0.1, 0.15) is 5.82 Å². The van der Waals surface area contributed by atoms with Crippen LogP contribution >= 0.6 is 0 Å². The molecule has 1 amide bonds. The van der Waals surface area contributed by atoms with Crippen LogP contribution in [0.15, 0.2) is 0 Å². The van der Waals surface area contributed by atoms with Gasteiger partial charge in [-0.05, 0) is 32.1 Å². The number of carbonyl (C=O) groups excluding carboxylic acids is 1. The predicted octanol–water partition coefficient (Wildman–Crippen LogP) is 1.43. The molecule has 1 aliphatic carbocycles. The maximum Gasteiger partial charge on any atom is 0.239 e. The normalized spacial score (nSPS) is 23.3. The van der Waals surface area contributed by atoms with Crippen molar-refractivity contribution in [3.8, 4) is 0 Å². The summed E-state index contributed by atoms with van der Waals surface area (Å²) >= 11 is 0. The Kier molecular flexibility index (Phi) is 3.73. The topological polar surface area (TPSA) is 77.0 Å². The van der Waals surface area contributed by atoms with Crippen LogP contribution < -0.4 is 5.73 Å². The lowest BCUT2D eigenvalue weighted by atomic mass is 9.99. The van der Waals surface area contributed by atoms with Gasteiger partial charge in [0.05, 0.1) is 18.6 Å². The smallest absolute Gasteiger partial charge is 0.239 e. The zero-order valence-corrected chi connectivity index (χ0v) is 13.1. The second kappa shape index (κ2) is 5.40. The van der Waals surface area contributed by atoms with Crippen molar-refractivity contribution < 1.29 is 4.79 Å². The first-order valence-corrected chi connectivity index (χ1v) is 7.98. The number of aromatic nitrogens is 3. The Bertz CT molecular complexity index is 532. The first kappa shape index (κ1) is 14.5. The van der Waals surface area contributed by atoms with E-state index in [0.29, 0.717) is 18.4 Å². The van der Waals surface area contributed by atoms with Crippen molar-refractivity contribution in [3.63, 3.8) is 0 Å². The molecule has 0 radical (unpaired) electrons. The van der Waals surface area contributed by atoms with Crippen molar-refractivity contribution in [3.05, 3.63) is 11.6 Å². The largest absolute Gasteiger partial charge is 0.329 e. The number of carbonyl (C=O) groups is 1. The Morgan fingerprint density at radius 2 is 2.05 bits per heavy atom. The third kappa shape index (κ3) is 2.81. The highest BCUT2D eigenvalue weighted by molar-refractivity contribution is 5.81. The molecule has 0 aromatic carbocycles. The summed E-state index contributed by atoms with van der Waals surface area (Å²) < 4.78 is 2.01. The fourth-order valence-electron chi connectivity index (χ4n) is 3.00.